The van der Waals surface area contributed by atoms with Crippen LogP contribution in [0.5, 0.6) is 0 Å². The minimum absolute atomic E-state index is 0.146. The summed E-state index contributed by atoms with van der Waals surface area (Å²) in [5, 5.41) is 7.30. The number of nitrogens with one attached hydrogen (secondary N) is 1. The number of amides is 1. The zero-order valence-corrected chi connectivity index (χ0v) is 15.3. The van der Waals surface area contributed by atoms with Gasteiger partial charge in [0.25, 0.3) is 11.5 Å². The fourth-order valence-electron chi connectivity index (χ4n) is 3.84. The third-order valence-corrected chi connectivity index (χ3v) is 4.95. The Kier molecular flexibility index (Phi) is 6.58. The predicted molar refractivity (Wildman–Crippen MR) is 96.1 cm³/mol. The smallest absolute Gasteiger partial charge is 0.271 e. The molecule has 1 aromatic heterocycles. The molecule has 24 heavy (non-hydrogen) atoms. The van der Waals surface area contributed by atoms with E-state index in [1.165, 1.54) is 42.5 Å². The van der Waals surface area contributed by atoms with Gasteiger partial charge in [-0.1, -0.05) is 40.0 Å². The van der Waals surface area contributed by atoms with Crippen molar-refractivity contribution < 1.29 is 4.79 Å². The van der Waals surface area contributed by atoms with Crippen LogP contribution in [0.2, 0.25) is 0 Å². The molecular weight excluding hydrogens is 302 g/mol. The van der Waals surface area contributed by atoms with Crippen molar-refractivity contribution in [2.24, 2.45) is 11.3 Å². The summed E-state index contributed by atoms with van der Waals surface area (Å²) < 4.78 is 1.40. The van der Waals surface area contributed by atoms with Crippen LogP contribution < -0.4 is 10.9 Å². The number of hydrogen-bond donors (Lipinski definition) is 1. The summed E-state index contributed by atoms with van der Waals surface area (Å²) in [6.45, 7) is 7.82. The third kappa shape index (κ3) is 4.92. The van der Waals surface area contributed by atoms with Gasteiger partial charge in [-0.15, -0.1) is 0 Å². The highest BCUT2D eigenvalue weighted by molar-refractivity contribution is 5.92. The molecule has 1 aliphatic carbocycles. The molecule has 134 valence electrons. The summed E-state index contributed by atoms with van der Waals surface area (Å²) in [7, 11) is 0. The van der Waals surface area contributed by atoms with Gasteiger partial charge in [-0.25, -0.2) is 4.68 Å². The van der Waals surface area contributed by atoms with E-state index in [2.05, 4.69) is 31.2 Å². The van der Waals surface area contributed by atoms with Gasteiger partial charge in [-0.3, -0.25) is 9.59 Å². The van der Waals surface area contributed by atoms with Crippen LogP contribution in [0, 0.1) is 11.3 Å². The topological polar surface area (TPSA) is 64.0 Å². The van der Waals surface area contributed by atoms with Gasteiger partial charge in [0.05, 0.1) is 0 Å². The fraction of sp³-hybridized carbons (Fsp3) is 0.737. The van der Waals surface area contributed by atoms with Gasteiger partial charge in [-0.05, 0) is 43.1 Å². The summed E-state index contributed by atoms with van der Waals surface area (Å²) in [6.07, 6.45) is 7.91. The van der Waals surface area contributed by atoms with E-state index in [0.29, 0.717) is 24.7 Å². The first-order chi connectivity index (χ1) is 11.5. The Bertz CT molecular complexity index is 601. The number of aryl methyl sites for hydroxylation is 1. The van der Waals surface area contributed by atoms with E-state index < -0.39 is 0 Å². The molecule has 1 saturated carbocycles. The highest BCUT2D eigenvalue weighted by Crippen LogP contribution is 2.42. The normalized spacial score (nSPS) is 16.5. The highest BCUT2D eigenvalue weighted by Gasteiger charge is 2.34. The fourth-order valence-corrected chi connectivity index (χ4v) is 3.84. The van der Waals surface area contributed by atoms with Crippen molar-refractivity contribution in [3.8, 4) is 0 Å². The summed E-state index contributed by atoms with van der Waals surface area (Å²) >= 11 is 0. The van der Waals surface area contributed by atoms with Crippen molar-refractivity contribution >= 4 is 5.91 Å². The Balaban J connectivity index is 2.02. The number of hydrogen-bond acceptors (Lipinski definition) is 3. The minimum Gasteiger partial charge on any atom is -0.350 e. The Hall–Kier alpha value is -1.65. The Labute approximate surface area is 144 Å². The molecule has 0 bridgehead atoms. The molecule has 1 N–H and O–H groups in total. The van der Waals surface area contributed by atoms with Gasteiger partial charge in [-0.2, -0.15) is 5.10 Å². The Morgan fingerprint density at radius 3 is 2.67 bits per heavy atom. The maximum Gasteiger partial charge on any atom is 0.271 e. The van der Waals surface area contributed by atoms with Crippen molar-refractivity contribution in [1.29, 1.82) is 0 Å². The standard InChI is InChI=1S/C19H31N3O2/c1-4-5-12-22-17(23)9-8-16(21-22)18(24)20-14-19(13-15(2)3)10-6-7-11-19/h8-9,15H,4-7,10-14H2,1-3H3,(H,20,24). The molecule has 1 heterocycles. The number of carbonyl (C=O) groups excluding carboxylic acids is 1. The largest absolute Gasteiger partial charge is 0.350 e. The molecule has 5 heteroatoms. The van der Waals surface area contributed by atoms with Crippen molar-refractivity contribution in [2.75, 3.05) is 6.54 Å². The molecular formula is C19H31N3O2. The molecule has 5 nitrogen and oxygen atoms in total. The lowest BCUT2D eigenvalue weighted by Gasteiger charge is -2.31. The lowest BCUT2D eigenvalue weighted by molar-refractivity contribution is 0.0914. The average molecular weight is 333 g/mol. The molecule has 0 radical (unpaired) electrons. The predicted octanol–water partition coefficient (Wildman–Crippen LogP) is 3.38. The number of aromatic nitrogens is 2. The zero-order valence-electron chi connectivity index (χ0n) is 15.3. The Morgan fingerprint density at radius 1 is 1.33 bits per heavy atom. The summed E-state index contributed by atoms with van der Waals surface area (Å²) in [5.74, 6) is 0.462. The van der Waals surface area contributed by atoms with Crippen LogP contribution in [0.25, 0.3) is 0 Å². The Morgan fingerprint density at radius 2 is 2.04 bits per heavy atom. The van der Waals surface area contributed by atoms with Gasteiger partial charge < -0.3 is 5.32 Å². The first kappa shape index (κ1) is 18.7. The van der Waals surface area contributed by atoms with E-state index in [1.807, 2.05) is 0 Å². The summed E-state index contributed by atoms with van der Waals surface area (Å²) in [5.41, 5.74) is 0.427. The minimum atomic E-state index is -0.171. The molecule has 2 rings (SSSR count). The monoisotopic (exact) mass is 333 g/mol. The van der Waals surface area contributed by atoms with E-state index in [0.717, 1.165) is 19.3 Å². The van der Waals surface area contributed by atoms with E-state index in [1.54, 1.807) is 0 Å². The lowest BCUT2D eigenvalue weighted by atomic mass is 9.78. The second kappa shape index (κ2) is 8.45. The second-order valence-corrected chi connectivity index (χ2v) is 7.62. The van der Waals surface area contributed by atoms with Crippen LogP contribution in [0.4, 0.5) is 0 Å². The van der Waals surface area contributed by atoms with Crippen molar-refractivity contribution in [2.45, 2.75) is 72.3 Å². The van der Waals surface area contributed by atoms with Gasteiger partial charge in [0, 0.05) is 19.2 Å². The lowest BCUT2D eigenvalue weighted by Crippen LogP contribution is -2.38. The number of unbranched alkanes of at least 4 members (excludes halogenated alkanes) is 1. The van der Waals surface area contributed by atoms with Gasteiger partial charge in [0.1, 0.15) is 5.69 Å². The molecule has 1 fully saturated rings. The van der Waals surface area contributed by atoms with E-state index in [-0.39, 0.29) is 16.9 Å². The summed E-state index contributed by atoms with van der Waals surface area (Å²) in [6, 6.07) is 2.97. The quantitative estimate of drug-likeness (QED) is 0.793. The maximum atomic E-state index is 12.5. The van der Waals surface area contributed by atoms with Gasteiger partial charge in [0.2, 0.25) is 0 Å². The molecule has 0 saturated heterocycles. The molecule has 0 unspecified atom stereocenters. The van der Waals surface area contributed by atoms with Crippen LogP contribution in [0.3, 0.4) is 0 Å². The first-order valence-corrected chi connectivity index (χ1v) is 9.32. The van der Waals surface area contributed by atoms with Crippen LogP contribution in [0.1, 0.15) is 76.2 Å². The molecule has 1 amide bonds. The zero-order chi connectivity index (χ0) is 17.6. The van der Waals surface area contributed by atoms with Crippen LogP contribution in [0.15, 0.2) is 16.9 Å². The van der Waals surface area contributed by atoms with Crippen molar-refractivity contribution in [3.63, 3.8) is 0 Å². The average Bonchev–Trinajstić information content (AvgIpc) is 3.00. The van der Waals surface area contributed by atoms with Crippen LogP contribution in [-0.4, -0.2) is 22.2 Å². The van der Waals surface area contributed by atoms with Gasteiger partial charge >= 0.3 is 0 Å². The molecule has 1 aliphatic rings. The SMILES string of the molecule is CCCCn1nc(C(=O)NCC2(CC(C)C)CCCC2)ccc1=O. The molecule has 1 aromatic rings. The molecule has 0 atom stereocenters. The van der Waals surface area contributed by atoms with Crippen molar-refractivity contribution in [1.82, 2.24) is 15.1 Å². The number of nitrogens with zero attached hydrogens (tertiary/aromatic N) is 2. The van der Waals surface area contributed by atoms with Crippen LogP contribution >= 0.6 is 0 Å². The second-order valence-electron chi connectivity index (χ2n) is 7.62. The summed E-state index contributed by atoms with van der Waals surface area (Å²) in [4.78, 5) is 24.3. The molecule has 0 spiro atoms. The number of rotatable bonds is 8. The number of carbonyl (C=O) groups is 1. The van der Waals surface area contributed by atoms with Crippen LogP contribution in [-0.2, 0) is 6.54 Å². The molecule has 0 aromatic carbocycles. The maximum absolute atomic E-state index is 12.5. The van der Waals surface area contributed by atoms with E-state index >= 15 is 0 Å². The third-order valence-electron chi connectivity index (χ3n) is 4.95. The van der Waals surface area contributed by atoms with Gasteiger partial charge in [0.15, 0.2) is 0 Å². The highest BCUT2D eigenvalue weighted by atomic mass is 16.2. The molecule has 0 aliphatic heterocycles. The van der Waals surface area contributed by atoms with E-state index in [9.17, 15) is 9.59 Å². The first-order valence-electron chi connectivity index (χ1n) is 9.32. The van der Waals surface area contributed by atoms with E-state index in [4.69, 9.17) is 0 Å². The van der Waals surface area contributed by atoms with Crippen molar-refractivity contribution in [3.05, 3.63) is 28.2 Å².